The highest BCUT2D eigenvalue weighted by molar-refractivity contribution is 7.88. The molecule has 0 bridgehead atoms. The normalized spacial score (nSPS) is 13.5. The summed E-state index contributed by atoms with van der Waals surface area (Å²) in [6.07, 6.45) is 2.02. The summed E-state index contributed by atoms with van der Waals surface area (Å²) in [6, 6.07) is 7.90. The molecule has 1 heterocycles. The molecule has 0 spiro atoms. The van der Waals surface area contributed by atoms with Crippen LogP contribution < -0.4 is 4.72 Å². The maximum atomic E-state index is 11.1. The van der Waals surface area contributed by atoms with Crippen molar-refractivity contribution in [1.82, 2.24) is 9.29 Å². The molecule has 1 atom stereocenters. The zero-order chi connectivity index (χ0) is 15.6. The van der Waals surface area contributed by atoms with Gasteiger partial charge in [-0.3, -0.25) is 0 Å². The zero-order valence-corrected chi connectivity index (χ0v) is 13.0. The van der Waals surface area contributed by atoms with Crippen LogP contribution in [0.4, 0.5) is 0 Å². The summed E-state index contributed by atoms with van der Waals surface area (Å²) in [7, 11) is -3.30. The molecule has 2 aromatic rings. The molecule has 2 rings (SSSR count). The second-order valence-electron chi connectivity index (χ2n) is 5.12. The highest BCUT2D eigenvalue weighted by atomic mass is 32.2. The highest BCUT2D eigenvalue weighted by Gasteiger charge is 2.15. The molecule has 1 aromatic carbocycles. The Morgan fingerprint density at radius 1 is 1.43 bits per heavy atom. The van der Waals surface area contributed by atoms with Gasteiger partial charge in [-0.1, -0.05) is 24.8 Å². The number of benzene rings is 1. The monoisotopic (exact) mass is 308 g/mol. The van der Waals surface area contributed by atoms with Gasteiger partial charge < -0.3 is 9.67 Å². The Labute approximate surface area is 125 Å². The third-order valence-corrected chi connectivity index (χ3v) is 4.13. The Hall–Kier alpha value is -1.63. The number of aliphatic hydroxyl groups excluding tert-OH is 1. The van der Waals surface area contributed by atoms with Crippen molar-refractivity contribution >= 4 is 27.0 Å². The molecule has 6 heteroatoms. The maximum absolute atomic E-state index is 11.1. The van der Waals surface area contributed by atoms with Crippen LogP contribution in [-0.4, -0.2) is 37.0 Å². The number of aromatic nitrogens is 1. The molecule has 21 heavy (non-hydrogen) atoms. The summed E-state index contributed by atoms with van der Waals surface area (Å²) in [6.45, 7) is 6.13. The summed E-state index contributed by atoms with van der Waals surface area (Å²) in [5, 5.41) is 11.2. The fourth-order valence-electron chi connectivity index (χ4n) is 2.48. The van der Waals surface area contributed by atoms with Gasteiger partial charge in [0.15, 0.2) is 0 Å². The molecule has 0 radical (unpaired) electrons. The molecule has 5 nitrogen and oxygen atoms in total. The number of nitrogens with one attached hydrogen (secondary N) is 1. The standard InChI is InChI=1S/C15H20N2O3S/c1-4-14-11(2)13-7-5-6-8-15(13)17(14)10-12(18)9-16-21(3,19)20/h4-8,12,16,18H,1,9-10H2,2-3H3. The molecule has 114 valence electrons. The van der Waals surface area contributed by atoms with Crippen molar-refractivity contribution in [2.45, 2.75) is 19.6 Å². The smallest absolute Gasteiger partial charge is 0.208 e. The minimum Gasteiger partial charge on any atom is -0.390 e. The Bertz CT molecular complexity index is 763. The molecule has 0 fully saturated rings. The predicted molar refractivity (Wildman–Crippen MR) is 85.6 cm³/mol. The number of fused-ring (bicyclic) bond motifs is 1. The van der Waals surface area contributed by atoms with E-state index in [1.807, 2.05) is 35.8 Å². The lowest BCUT2D eigenvalue weighted by Crippen LogP contribution is -2.33. The van der Waals surface area contributed by atoms with Crippen molar-refractivity contribution in [3.05, 3.63) is 42.1 Å². The van der Waals surface area contributed by atoms with Crippen LogP contribution >= 0.6 is 0 Å². The van der Waals surface area contributed by atoms with Crippen molar-refractivity contribution in [1.29, 1.82) is 0 Å². The van der Waals surface area contributed by atoms with Crippen LogP contribution in [0.5, 0.6) is 0 Å². The van der Waals surface area contributed by atoms with Gasteiger partial charge in [0.25, 0.3) is 0 Å². The molecule has 0 aliphatic rings. The van der Waals surface area contributed by atoms with E-state index in [-0.39, 0.29) is 6.54 Å². The van der Waals surface area contributed by atoms with Gasteiger partial charge in [0.2, 0.25) is 10.0 Å². The largest absolute Gasteiger partial charge is 0.390 e. The second-order valence-corrected chi connectivity index (χ2v) is 6.95. The SMILES string of the molecule is C=Cc1c(C)c2ccccc2n1CC(O)CNS(C)(=O)=O. The third kappa shape index (κ3) is 3.53. The van der Waals surface area contributed by atoms with E-state index in [0.717, 1.165) is 28.4 Å². The number of sulfonamides is 1. The summed E-state index contributed by atoms with van der Waals surface area (Å²) < 4.78 is 26.4. The molecular formula is C15H20N2O3S. The Morgan fingerprint density at radius 3 is 2.71 bits per heavy atom. The highest BCUT2D eigenvalue weighted by Crippen LogP contribution is 2.26. The van der Waals surface area contributed by atoms with Crippen molar-refractivity contribution < 1.29 is 13.5 Å². The predicted octanol–water partition coefficient (Wildman–Crippen LogP) is 1.50. The van der Waals surface area contributed by atoms with E-state index < -0.39 is 16.1 Å². The molecule has 0 saturated carbocycles. The van der Waals surface area contributed by atoms with Crippen LogP contribution in [-0.2, 0) is 16.6 Å². The third-order valence-electron chi connectivity index (χ3n) is 3.44. The molecule has 0 aliphatic carbocycles. The Balaban J connectivity index is 2.31. The summed E-state index contributed by atoms with van der Waals surface area (Å²) in [4.78, 5) is 0. The second kappa shape index (κ2) is 6.01. The first-order valence-electron chi connectivity index (χ1n) is 6.66. The average Bonchev–Trinajstić information content (AvgIpc) is 2.69. The van der Waals surface area contributed by atoms with Gasteiger partial charge in [-0.2, -0.15) is 0 Å². The van der Waals surface area contributed by atoms with E-state index in [4.69, 9.17) is 0 Å². The summed E-state index contributed by atoms with van der Waals surface area (Å²) in [5.41, 5.74) is 3.04. The van der Waals surface area contributed by atoms with Crippen LogP contribution in [0.25, 0.3) is 17.0 Å². The van der Waals surface area contributed by atoms with Crippen molar-refractivity contribution in [3.63, 3.8) is 0 Å². The lowest BCUT2D eigenvalue weighted by atomic mass is 10.1. The van der Waals surface area contributed by atoms with Gasteiger partial charge in [0.1, 0.15) is 0 Å². The minimum absolute atomic E-state index is 0.0129. The van der Waals surface area contributed by atoms with E-state index >= 15 is 0 Å². The van der Waals surface area contributed by atoms with E-state index in [2.05, 4.69) is 11.3 Å². The minimum atomic E-state index is -3.30. The first-order valence-corrected chi connectivity index (χ1v) is 8.55. The quantitative estimate of drug-likeness (QED) is 0.849. The van der Waals surface area contributed by atoms with Crippen LogP contribution in [0.2, 0.25) is 0 Å². The number of para-hydroxylation sites is 1. The summed E-state index contributed by atoms with van der Waals surface area (Å²) >= 11 is 0. The first-order chi connectivity index (χ1) is 9.83. The number of nitrogens with zero attached hydrogens (tertiary/aromatic N) is 1. The van der Waals surface area contributed by atoms with Crippen LogP contribution in [0.15, 0.2) is 30.8 Å². The Kier molecular flexibility index (Phi) is 4.51. The number of hydrogen-bond acceptors (Lipinski definition) is 3. The topological polar surface area (TPSA) is 71.3 Å². The van der Waals surface area contributed by atoms with Gasteiger partial charge in [-0.15, -0.1) is 0 Å². The van der Waals surface area contributed by atoms with Crippen LogP contribution in [0.3, 0.4) is 0 Å². The van der Waals surface area contributed by atoms with E-state index in [1.165, 1.54) is 0 Å². The van der Waals surface area contributed by atoms with Crippen molar-refractivity contribution in [2.75, 3.05) is 12.8 Å². The average molecular weight is 308 g/mol. The van der Waals surface area contributed by atoms with Gasteiger partial charge in [-0.05, 0) is 24.6 Å². The fourth-order valence-corrected chi connectivity index (χ4v) is 2.97. The zero-order valence-electron chi connectivity index (χ0n) is 12.2. The van der Waals surface area contributed by atoms with E-state index in [0.29, 0.717) is 6.54 Å². The molecule has 1 unspecified atom stereocenters. The van der Waals surface area contributed by atoms with E-state index in [1.54, 1.807) is 6.08 Å². The Morgan fingerprint density at radius 2 is 2.10 bits per heavy atom. The molecule has 0 saturated heterocycles. The van der Waals surface area contributed by atoms with E-state index in [9.17, 15) is 13.5 Å². The molecule has 1 aromatic heterocycles. The first kappa shape index (κ1) is 15.8. The van der Waals surface area contributed by atoms with Gasteiger partial charge in [0.05, 0.1) is 18.9 Å². The number of aryl methyl sites for hydroxylation is 1. The van der Waals surface area contributed by atoms with Crippen molar-refractivity contribution in [3.8, 4) is 0 Å². The molecule has 0 amide bonds. The number of rotatable bonds is 6. The van der Waals surface area contributed by atoms with Gasteiger partial charge >= 0.3 is 0 Å². The number of aliphatic hydroxyl groups is 1. The van der Waals surface area contributed by atoms with Gasteiger partial charge in [-0.25, -0.2) is 13.1 Å². The molecular weight excluding hydrogens is 288 g/mol. The lowest BCUT2D eigenvalue weighted by molar-refractivity contribution is 0.159. The maximum Gasteiger partial charge on any atom is 0.208 e. The fraction of sp³-hybridized carbons (Fsp3) is 0.333. The van der Waals surface area contributed by atoms with Crippen LogP contribution in [0.1, 0.15) is 11.3 Å². The van der Waals surface area contributed by atoms with Gasteiger partial charge in [0, 0.05) is 23.1 Å². The lowest BCUT2D eigenvalue weighted by Gasteiger charge is -2.15. The van der Waals surface area contributed by atoms with Crippen molar-refractivity contribution in [2.24, 2.45) is 0 Å². The van der Waals surface area contributed by atoms with Crippen LogP contribution in [0, 0.1) is 6.92 Å². The molecule has 0 aliphatic heterocycles. The number of hydrogen-bond donors (Lipinski definition) is 2. The summed E-state index contributed by atoms with van der Waals surface area (Å²) in [5.74, 6) is 0. The molecule has 2 N–H and O–H groups in total.